The summed E-state index contributed by atoms with van der Waals surface area (Å²) in [5.74, 6) is 0.934. The molecule has 0 saturated heterocycles. The van der Waals surface area contributed by atoms with Crippen molar-refractivity contribution in [1.29, 1.82) is 0 Å². The van der Waals surface area contributed by atoms with Crippen LogP contribution in [0.15, 0.2) is 101 Å². The van der Waals surface area contributed by atoms with Gasteiger partial charge in [0.1, 0.15) is 5.75 Å². The molecule has 0 unspecified atom stereocenters. The van der Waals surface area contributed by atoms with Crippen LogP contribution in [-0.4, -0.2) is 10.7 Å². The lowest BCUT2D eigenvalue weighted by atomic mass is 9.95. The zero-order chi connectivity index (χ0) is 20.1. The van der Waals surface area contributed by atoms with Gasteiger partial charge < -0.3 is 4.74 Å². The van der Waals surface area contributed by atoms with Crippen LogP contribution in [0, 0.1) is 0 Å². The predicted molar refractivity (Wildman–Crippen MR) is 124 cm³/mol. The van der Waals surface area contributed by atoms with Crippen molar-refractivity contribution in [2.45, 2.75) is 18.7 Å². The van der Waals surface area contributed by atoms with E-state index in [4.69, 9.17) is 9.84 Å². The van der Waals surface area contributed by atoms with Gasteiger partial charge in [0.25, 0.3) is 0 Å². The first-order valence-electron chi connectivity index (χ1n) is 10.1. The molecule has 0 saturated carbocycles. The summed E-state index contributed by atoms with van der Waals surface area (Å²) in [6.45, 7) is 0. The van der Waals surface area contributed by atoms with E-state index < -0.39 is 0 Å². The van der Waals surface area contributed by atoms with E-state index >= 15 is 0 Å². The molecule has 2 aliphatic rings. The number of hydrogen-bond acceptors (Lipinski definition) is 3. The van der Waals surface area contributed by atoms with E-state index in [2.05, 4.69) is 99.8 Å². The van der Waals surface area contributed by atoms with Crippen molar-refractivity contribution >= 4 is 32.4 Å². The highest BCUT2D eigenvalue weighted by Crippen LogP contribution is 2.48. The van der Waals surface area contributed by atoms with E-state index in [-0.39, 0.29) is 12.3 Å². The highest BCUT2D eigenvalue weighted by molar-refractivity contribution is 9.10. The first-order chi connectivity index (χ1) is 14.8. The Morgan fingerprint density at radius 3 is 2.50 bits per heavy atom. The minimum atomic E-state index is -0.233. The van der Waals surface area contributed by atoms with Gasteiger partial charge in [0.05, 0.1) is 11.8 Å². The van der Waals surface area contributed by atoms with Crippen LogP contribution >= 0.6 is 15.9 Å². The van der Waals surface area contributed by atoms with Crippen molar-refractivity contribution < 1.29 is 4.74 Å². The first-order valence-corrected chi connectivity index (χ1v) is 10.9. The second-order valence-electron chi connectivity index (χ2n) is 7.77. The van der Waals surface area contributed by atoms with Gasteiger partial charge in [-0.25, -0.2) is 5.01 Å². The van der Waals surface area contributed by atoms with Gasteiger partial charge in [0, 0.05) is 22.0 Å². The summed E-state index contributed by atoms with van der Waals surface area (Å²) < 4.78 is 7.50. The molecule has 4 heteroatoms. The molecule has 4 aromatic carbocycles. The van der Waals surface area contributed by atoms with Crippen LogP contribution in [0.5, 0.6) is 5.75 Å². The number of rotatable bonds is 2. The third-order valence-corrected chi connectivity index (χ3v) is 6.41. The highest BCUT2D eigenvalue weighted by Gasteiger charge is 2.41. The Labute approximate surface area is 183 Å². The molecule has 2 heterocycles. The average Bonchev–Trinajstić information content (AvgIpc) is 3.25. The van der Waals surface area contributed by atoms with Crippen LogP contribution < -0.4 is 4.74 Å². The summed E-state index contributed by atoms with van der Waals surface area (Å²) in [6, 6.07) is 31.8. The van der Waals surface area contributed by atoms with Crippen molar-refractivity contribution in [2.75, 3.05) is 0 Å². The van der Waals surface area contributed by atoms with Crippen LogP contribution in [0.25, 0.3) is 10.8 Å². The van der Waals surface area contributed by atoms with Crippen LogP contribution in [0.1, 0.15) is 35.4 Å². The van der Waals surface area contributed by atoms with Gasteiger partial charge in [-0.1, -0.05) is 82.7 Å². The SMILES string of the molecule is Brc1ccc2c(c1)[C@@H]1CC(c3ccc4ccccc4c3)=NN1[C@H](c1ccccc1)O2. The van der Waals surface area contributed by atoms with Crippen LogP contribution in [0.3, 0.4) is 0 Å². The summed E-state index contributed by atoms with van der Waals surface area (Å²) in [4.78, 5) is 0. The molecule has 0 aromatic heterocycles. The smallest absolute Gasteiger partial charge is 0.213 e. The van der Waals surface area contributed by atoms with E-state index in [1.54, 1.807) is 0 Å². The lowest BCUT2D eigenvalue weighted by Crippen LogP contribution is -2.33. The summed E-state index contributed by atoms with van der Waals surface area (Å²) in [7, 11) is 0. The van der Waals surface area contributed by atoms with Gasteiger partial charge in [0.15, 0.2) is 0 Å². The first kappa shape index (κ1) is 17.7. The second kappa shape index (κ2) is 6.99. The highest BCUT2D eigenvalue weighted by atomic mass is 79.9. The largest absolute Gasteiger partial charge is 0.464 e. The summed E-state index contributed by atoms with van der Waals surface area (Å²) in [5.41, 5.74) is 4.56. The molecule has 0 spiro atoms. The zero-order valence-electron chi connectivity index (χ0n) is 16.2. The fourth-order valence-corrected chi connectivity index (χ4v) is 4.82. The summed E-state index contributed by atoms with van der Waals surface area (Å²) in [6.07, 6.45) is 0.622. The van der Waals surface area contributed by atoms with Crippen molar-refractivity contribution in [3.63, 3.8) is 0 Å². The number of hydrogen-bond donors (Lipinski definition) is 0. The fourth-order valence-electron chi connectivity index (χ4n) is 4.44. The Hall–Kier alpha value is -3.11. The summed E-state index contributed by atoms with van der Waals surface area (Å²) in [5, 5.41) is 9.70. The van der Waals surface area contributed by atoms with Crippen LogP contribution in [-0.2, 0) is 0 Å². The number of benzene rings is 4. The molecule has 0 N–H and O–H groups in total. The van der Waals surface area contributed by atoms with Gasteiger partial charge in [0.2, 0.25) is 6.23 Å². The molecule has 0 bridgehead atoms. The molecule has 0 amide bonds. The van der Waals surface area contributed by atoms with E-state index in [1.807, 2.05) is 12.1 Å². The van der Waals surface area contributed by atoms with Crippen LogP contribution in [0.4, 0.5) is 0 Å². The van der Waals surface area contributed by atoms with Gasteiger partial charge in [-0.15, -0.1) is 0 Å². The fraction of sp³-hybridized carbons (Fsp3) is 0.115. The van der Waals surface area contributed by atoms with Crippen LogP contribution in [0.2, 0.25) is 0 Å². The molecule has 0 fully saturated rings. The van der Waals surface area contributed by atoms with Gasteiger partial charge >= 0.3 is 0 Å². The minimum Gasteiger partial charge on any atom is -0.464 e. The van der Waals surface area contributed by atoms with Crippen molar-refractivity contribution in [3.05, 3.63) is 112 Å². The monoisotopic (exact) mass is 454 g/mol. The molecule has 6 rings (SSSR count). The number of halogens is 1. The quantitative estimate of drug-likeness (QED) is 0.331. The molecule has 146 valence electrons. The molecular weight excluding hydrogens is 436 g/mol. The van der Waals surface area contributed by atoms with Gasteiger partial charge in [-0.2, -0.15) is 5.10 Å². The topological polar surface area (TPSA) is 24.8 Å². The summed E-state index contributed by atoms with van der Waals surface area (Å²) >= 11 is 3.62. The molecule has 3 nitrogen and oxygen atoms in total. The molecule has 4 aromatic rings. The van der Waals surface area contributed by atoms with E-state index in [0.717, 1.165) is 27.9 Å². The predicted octanol–water partition coefficient (Wildman–Crippen LogP) is 6.84. The van der Waals surface area contributed by atoms with Gasteiger partial charge in [-0.05, 0) is 40.6 Å². The van der Waals surface area contributed by atoms with E-state index in [1.165, 1.54) is 21.9 Å². The minimum absolute atomic E-state index is 0.151. The number of nitrogens with zero attached hydrogens (tertiary/aromatic N) is 2. The third kappa shape index (κ3) is 2.91. The Kier molecular flexibility index (Phi) is 4.13. The molecule has 2 aliphatic heterocycles. The maximum atomic E-state index is 6.44. The second-order valence-corrected chi connectivity index (χ2v) is 8.69. The van der Waals surface area contributed by atoms with Crippen molar-refractivity contribution in [1.82, 2.24) is 5.01 Å². The lowest BCUT2D eigenvalue weighted by molar-refractivity contribution is -0.0190. The number of ether oxygens (including phenoxy) is 1. The lowest BCUT2D eigenvalue weighted by Gasteiger charge is -2.38. The van der Waals surface area contributed by atoms with E-state index in [9.17, 15) is 0 Å². The Balaban J connectivity index is 1.46. The van der Waals surface area contributed by atoms with Gasteiger partial charge in [-0.3, -0.25) is 0 Å². The Morgan fingerprint density at radius 2 is 1.63 bits per heavy atom. The normalized spacial score (nSPS) is 19.8. The average molecular weight is 455 g/mol. The maximum Gasteiger partial charge on any atom is 0.213 e. The standard InChI is InChI=1S/C26H19BrN2O/c27-21-12-13-25-22(15-21)24-16-23(20-11-10-17-6-4-5-9-19(17)14-20)28-29(24)26(30-25)18-7-2-1-3-8-18/h1-15,24,26H,16H2/t24-,26-/m0/s1. The third-order valence-electron chi connectivity index (χ3n) is 5.92. The Bertz CT molecular complexity index is 1280. The number of hydrazone groups is 1. The molecule has 2 atom stereocenters. The van der Waals surface area contributed by atoms with Crippen molar-refractivity contribution in [3.8, 4) is 5.75 Å². The number of fused-ring (bicyclic) bond motifs is 4. The molecule has 0 radical (unpaired) electrons. The Morgan fingerprint density at radius 1 is 0.833 bits per heavy atom. The van der Waals surface area contributed by atoms with E-state index in [0.29, 0.717) is 0 Å². The van der Waals surface area contributed by atoms with Crippen molar-refractivity contribution in [2.24, 2.45) is 5.10 Å². The molecule has 30 heavy (non-hydrogen) atoms. The zero-order valence-corrected chi connectivity index (χ0v) is 17.8. The molecule has 0 aliphatic carbocycles. The molecular formula is C26H19BrN2O. The maximum absolute atomic E-state index is 6.44.